The Bertz CT molecular complexity index is 228. The molecule has 0 spiro atoms. The largest absolute Gasteiger partial charge is 0.411 e. The van der Waals surface area contributed by atoms with Crippen LogP contribution in [-0.4, -0.2) is 45.7 Å². The average Bonchev–Trinajstić information content (AvgIpc) is 2.27. The molecule has 3 nitrogen and oxygen atoms in total. The van der Waals surface area contributed by atoms with Gasteiger partial charge in [-0.3, -0.25) is 0 Å². The number of alkyl halides is 3. The Morgan fingerprint density at radius 1 is 1.28 bits per heavy atom. The maximum Gasteiger partial charge on any atom is 0.411 e. The van der Waals surface area contributed by atoms with Crippen molar-refractivity contribution in [2.24, 2.45) is 5.41 Å². The lowest BCUT2D eigenvalue weighted by atomic mass is 9.82. The van der Waals surface area contributed by atoms with Crippen LogP contribution >= 0.6 is 0 Å². The van der Waals surface area contributed by atoms with Crippen LogP contribution < -0.4 is 5.32 Å². The molecular weight excluding hydrogens is 247 g/mol. The quantitative estimate of drug-likeness (QED) is 0.720. The van der Waals surface area contributed by atoms with Gasteiger partial charge < -0.3 is 14.8 Å². The molecule has 1 fully saturated rings. The van der Waals surface area contributed by atoms with Gasteiger partial charge in [0.15, 0.2) is 0 Å². The third-order valence-electron chi connectivity index (χ3n) is 3.16. The summed E-state index contributed by atoms with van der Waals surface area (Å²) in [6, 6.07) is 0. The minimum atomic E-state index is -4.22. The van der Waals surface area contributed by atoms with Crippen LogP contribution in [0.15, 0.2) is 0 Å². The lowest BCUT2D eigenvalue weighted by Gasteiger charge is -2.33. The van der Waals surface area contributed by atoms with Crippen molar-refractivity contribution in [1.82, 2.24) is 5.32 Å². The standard InChI is InChI=1S/C12H22F3NO2/c1-11(3-7-17-8-4-11)9-16-5-2-6-18-10-12(13,14)15/h16H,2-10H2,1H3. The molecule has 1 saturated heterocycles. The van der Waals surface area contributed by atoms with Gasteiger partial charge in [-0.05, 0) is 31.2 Å². The summed E-state index contributed by atoms with van der Waals surface area (Å²) >= 11 is 0. The monoisotopic (exact) mass is 269 g/mol. The van der Waals surface area contributed by atoms with E-state index < -0.39 is 12.8 Å². The number of nitrogens with one attached hydrogen (secondary N) is 1. The van der Waals surface area contributed by atoms with Gasteiger partial charge in [0, 0.05) is 26.4 Å². The maximum atomic E-state index is 11.8. The highest BCUT2D eigenvalue weighted by molar-refractivity contribution is 4.79. The van der Waals surface area contributed by atoms with Crippen LogP contribution in [0, 0.1) is 5.41 Å². The first-order valence-corrected chi connectivity index (χ1v) is 6.34. The molecule has 0 bridgehead atoms. The molecule has 0 saturated carbocycles. The predicted octanol–water partition coefficient (Wildman–Crippen LogP) is 2.36. The molecule has 0 aromatic heterocycles. The van der Waals surface area contributed by atoms with E-state index in [4.69, 9.17) is 4.74 Å². The van der Waals surface area contributed by atoms with E-state index in [0.29, 0.717) is 13.0 Å². The fourth-order valence-corrected chi connectivity index (χ4v) is 1.92. The van der Waals surface area contributed by atoms with Crippen molar-refractivity contribution in [3.8, 4) is 0 Å². The van der Waals surface area contributed by atoms with Gasteiger partial charge >= 0.3 is 6.18 Å². The Labute approximate surface area is 106 Å². The second-order valence-electron chi connectivity index (χ2n) is 5.12. The summed E-state index contributed by atoms with van der Waals surface area (Å²) in [5.74, 6) is 0. The third kappa shape index (κ3) is 7.18. The minimum Gasteiger partial charge on any atom is -0.381 e. The number of rotatable bonds is 7. The lowest BCUT2D eigenvalue weighted by molar-refractivity contribution is -0.173. The molecule has 0 radical (unpaired) electrons. The zero-order valence-corrected chi connectivity index (χ0v) is 10.8. The summed E-state index contributed by atoms with van der Waals surface area (Å²) in [5.41, 5.74) is 0.255. The maximum absolute atomic E-state index is 11.8. The van der Waals surface area contributed by atoms with E-state index in [-0.39, 0.29) is 12.0 Å². The first kappa shape index (κ1) is 15.7. The summed E-state index contributed by atoms with van der Waals surface area (Å²) in [7, 11) is 0. The van der Waals surface area contributed by atoms with Crippen LogP contribution in [-0.2, 0) is 9.47 Å². The molecule has 1 rings (SSSR count). The highest BCUT2D eigenvalue weighted by Gasteiger charge is 2.27. The fourth-order valence-electron chi connectivity index (χ4n) is 1.92. The number of hydrogen-bond acceptors (Lipinski definition) is 3. The number of ether oxygens (including phenoxy) is 2. The minimum absolute atomic E-state index is 0.145. The Balaban J connectivity index is 1.95. The summed E-state index contributed by atoms with van der Waals surface area (Å²) in [5, 5.41) is 3.28. The topological polar surface area (TPSA) is 30.5 Å². The third-order valence-corrected chi connectivity index (χ3v) is 3.16. The van der Waals surface area contributed by atoms with E-state index in [1.807, 2.05) is 0 Å². The summed E-state index contributed by atoms with van der Waals surface area (Å²) in [6.07, 6.45) is -1.55. The van der Waals surface area contributed by atoms with Crippen molar-refractivity contribution < 1.29 is 22.6 Å². The van der Waals surface area contributed by atoms with Crippen LogP contribution in [0.5, 0.6) is 0 Å². The Morgan fingerprint density at radius 3 is 2.56 bits per heavy atom. The van der Waals surface area contributed by atoms with E-state index in [1.54, 1.807) is 0 Å². The summed E-state index contributed by atoms with van der Waals surface area (Å²) < 4.78 is 45.1. The van der Waals surface area contributed by atoms with E-state index >= 15 is 0 Å². The van der Waals surface area contributed by atoms with Gasteiger partial charge in [0.2, 0.25) is 0 Å². The van der Waals surface area contributed by atoms with Gasteiger partial charge in [0.05, 0.1) is 0 Å². The van der Waals surface area contributed by atoms with Crippen LogP contribution in [0.25, 0.3) is 0 Å². The Kier molecular flexibility index (Phi) is 6.38. The molecule has 0 amide bonds. The van der Waals surface area contributed by atoms with E-state index in [9.17, 15) is 13.2 Å². The number of hydrogen-bond donors (Lipinski definition) is 1. The van der Waals surface area contributed by atoms with Crippen LogP contribution in [0.2, 0.25) is 0 Å². The zero-order valence-electron chi connectivity index (χ0n) is 10.8. The van der Waals surface area contributed by atoms with Gasteiger partial charge in [-0.15, -0.1) is 0 Å². The van der Waals surface area contributed by atoms with E-state index in [1.165, 1.54) is 0 Å². The van der Waals surface area contributed by atoms with Crippen molar-refractivity contribution >= 4 is 0 Å². The molecule has 1 aliphatic heterocycles. The number of halogens is 3. The highest BCUT2D eigenvalue weighted by atomic mass is 19.4. The molecule has 1 heterocycles. The second kappa shape index (κ2) is 7.31. The Hall–Kier alpha value is -0.330. The molecule has 18 heavy (non-hydrogen) atoms. The van der Waals surface area contributed by atoms with Crippen molar-refractivity contribution in [1.29, 1.82) is 0 Å². The molecule has 1 N–H and O–H groups in total. The second-order valence-corrected chi connectivity index (χ2v) is 5.12. The SMILES string of the molecule is CC1(CNCCCOCC(F)(F)F)CCOCC1. The smallest absolute Gasteiger partial charge is 0.381 e. The molecule has 0 unspecified atom stereocenters. The fraction of sp³-hybridized carbons (Fsp3) is 1.00. The van der Waals surface area contributed by atoms with Crippen LogP contribution in [0.4, 0.5) is 13.2 Å². The van der Waals surface area contributed by atoms with Gasteiger partial charge in [0.25, 0.3) is 0 Å². The first-order chi connectivity index (χ1) is 8.41. The van der Waals surface area contributed by atoms with Crippen molar-refractivity contribution in [2.45, 2.75) is 32.4 Å². The first-order valence-electron chi connectivity index (χ1n) is 6.34. The molecule has 1 aliphatic rings. The van der Waals surface area contributed by atoms with Gasteiger partial charge in [-0.1, -0.05) is 6.92 Å². The predicted molar refractivity (Wildman–Crippen MR) is 62.5 cm³/mol. The normalized spacial score (nSPS) is 20.0. The van der Waals surface area contributed by atoms with Gasteiger partial charge in [-0.2, -0.15) is 13.2 Å². The molecular formula is C12H22F3NO2. The average molecular weight is 269 g/mol. The molecule has 0 aliphatic carbocycles. The van der Waals surface area contributed by atoms with Gasteiger partial charge in [0.1, 0.15) is 6.61 Å². The lowest BCUT2D eigenvalue weighted by Crippen LogP contribution is -2.37. The summed E-state index contributed by atoms with van der Waals surface area (Å²) in [4.78, 5) is 0. The Morgan fingerprint density at radius 2 is 1.94 bits per heavy atom. The van der Waals surface area contributed by atoms with Crippen molar-refractivity contribution in [2.75, 3.05) is 39.5 Å². The molecule has 6 heteroatoms. The zero-order chi connectivity index (χ0) is 13.5. The molecule has 0 aromatic rings. The van der Waals surface area contributed by atoms with Crippen LogP contribution in [0.1, 0.15) is 26.2 Å². The molecule has 108 valence electrons. The van der Waals surface area contributed by atoms with E-state index in [0.717, 1.165) is 32.6 Å². The van der Waals surface area contributed by atoms with Crippen molar-refractivity contribution in [3.63, 3.8) is 0 Å². The highest BCUT2D eigenvalue weighted by Crippen LogP contribution is 2.28. The van der Waals surface area contributed by atoms with Gasteiger partial charge in [-0.25, -0.2) is 0 Å². The van der Waals surface area contributed by atoms with Crippen LogP contribution in [0.3, 0.4) is 0 Å². The molecule has 0 atom stereocenters. The van der Waals surface area contributed by atoms with Crippen molar-refractivity contribution in [3.05, 3.63) is 0 Å². The van der Waals surface area contributed by atoms with E-state index in [2.05, 4.69) is 17.0 Å². The molecule has 0 aromatic carbocycles. The summed E-state index contributed by atoms with van der Waals surface area (Å²) in [6.45, 7) is 4.38.